The summed E-state index contributed by atoms with van der Waals surface area (Å²) < 4.78 is 28.1. The van der Waals surface area contributed by atoms with Crippen LogP contribution in [0.2, 0.25) is 0 Å². The fourth-order valence-electron chi connectivity index (χ4n) is 3.82. The first-order valence-corrected chi connectivity index (χ1v) is 11.8. The van der Waals surface area contributed by atoms with Crippen LogP contribution in [0.3, 0.4) is 0 Å². The average Bonchev–Trinajstić information content (AvgIpc) is 3.24. The minimum atomic E-state index is -0.824. The number of thiazole rings is 1. The summed E-state index contributed by atoms with van der Waals surface area (Å²) in [6.07, 6.45) is 3.72. The number of aromatic nitrogens is 3. The third-order valence-corrected chi connectivity index (χ3v) is 6.54. The van der Waals surface area contributed by atoms with Crippen molar-refractivity contribution in [1.29, 1.82) is 0 Å². The van der Waals surface area contributed by atoms with Crippen LogP contribution in [0.15, 0.2) is 29.3 Å². The molecule has 0 bridgehead atoms. The summed E-state index contributed by atoms with van der Waals surface area (Å²) >= 11 is 1.17. The number of hydrogen-bond acceptors (Lipinski definition) is 7. The Hall–Kier alpha value is -3.41. The van der Waals surface area contributed by atoms with Gasteiger partial charge in [-0.25, -0.2) is 13.8 Å². The van der Waals surface area contributed by atoms with Crippen molar-refractivity contribution in [3.05, 3.63) is 46.5 Å². The maximum Gasteiger partial charge on any atom is 0.273 e. The summed E-state index contributed by atoms with van der Waals surface area (Å²) in [5.41, 5.74) is -0.220. The van der Waals surface area contributed by atoms with E-state index in [9.17, 15) is 23.2 Å². The van der Waals surface area contributed by atoms with Gasteiger partial charge in [0.05, 0.1) is 5.92 Å². The Kier molecular flexibility index (Phi) is 7.15. The number of amides is 2. The van der Waals surface area contributed by atoms with E-state index in [0.29, 0.717) is 29.0 Å². The fraction of sp³-hybridized carbons (Fsp3) is 0.409. The van der Waals surface area contributed by atoms with E-state index in [1.54, 1.807) is 0 Å². The molecule has 0 aliphatic carbocycles. The van der Waals surface area contributed by atoms with Gasteiger partial charge in [0.15, 0.2) is 10.8 Å². The van der Waals surface area contributed by atoms with Gasteiger partial charge in [0.25, 0.3) is 5.56 Å². The Bertz CT molecular complexity index is 1260. The van der Waals surface area contributed by atoms with Crippen LogP contribution in [0, 0.1) is 17.6 Å². The second-order valence-electron chi connectivity index (χ2n) is 8.11. The van der Waals surface area contributed by atoms with Gasteiger partial charge < -0.3 is 15.5 Å². The maximum atomic E-state index is 13.3. The average molecular weight is 491 g/mol. The number of carbonyl (C=O) groups excluding carboxylic acids is 2. The van der Waals surface area contributed by atoms with Crippen molar-refractivity contribution in [2.75, 3.05) is 29.9 Å². The van der Waals surface area contributed by atoms with Gasteiger partial charge in [-0.05, 0) is 31.4 Å². The molecular weight excluding hydrogens is 466 g/mol. The highest BCUT2D eigenvalue weighted by Gasteiger charge is 2.27. The number of halogens is 2. The molecule has 34 heavy (non-hydrogen) atoms. The van der Waals surface area contributed by atoms with Crippen LogP contribution in [0.4, 0.5) is 19.6 Å². The zero-order valence-corrected chi connectivity index (χ0v) is 19.3. The van der Waals surface area contributed by atoms with E-state index in [4.69, 9.17) is 0 Å². The molecular formula is C22H24F2N6O3S. The van der Waals surface area contributed by atoms with Crippen molar-refractivity contribution < 1.29 is 18.4 Å². The molecule has 9 nitrogen and oxygen atoms in total. The Labute approximate surface area is 197 Å². The number of nitrogens with zero attached hydrogens (tertiary/aromatic N) is 4. The Morgan fingerprint density at radius 3 is 2.74 bits per heavy atom. The predicted molar refractivity (Wildman–Crippen MR) is 125 cm³/mol. The minimum Gasteiger partial charge on any atom is -0.356 e. The van der Waals surface area contributed by atoms with Crippen LogP contribution in [-0.4, -0.2) is 46.0 Å². The lowest BCUT2D eigenvalue weighted by molar-refractivity contribution is -0.125. The molecule has 0 saturated carbocycles. The van der Waals surface area contributed by atoms with Gasteiger partial charge in [-0.3, -0.25) is 19.0 Å². The molecule has 3 aromatic rings. The van der Waals surface area contributed by atoms with Gasteiger partial charge in [-0.1, -0.05) is 18.3 Å². The molecule has 12 heteroatoms. The molecule has 1 fully saturated rings. The zero-order chi connectivity index (χ0) is 24.2. The molecule has 2 amide bonds. The Balaban J connectivity index is 1.48. The van der Waals surface area contributed by atoms with Gasteiger partial charge in [-0.2, -0.15) is 4.98 Å². The first-order chi connectivity index (χ1) is 16.3. The predicted octanol–water partition coefficient (Wildman–Crippen LogP) is 2.51. The molecule has 3 heterocycles. The summed E-state index contributed by atoms with van der Waals surface area (Å²) in [5, 5.41) is 5.90. The monoisotopic (exact) mass is 490 g/mol. The highest BCUT2D eigenvalue weighted by molar-refractivity contribution is 7.22. The van der Waals surface area contributed by atoms with E-state index in [0.717, 1.165) is 42.5 Å². The van der Waals surface area contributed by atoms with Crippen molar-refractivity contribution >= 4 is 44.3 Å². The van der Waals surface area contributed by atoms with E-state index in [-0.39, 0.29) is 29.7 Å². The van der Waals surface area contributed by atoms with Crippen LogP contribution in [0.1, 0.15) is 26.2 Å². The van der Waals surface area contributed by atoms with E-state index in [2.05, 4.69) is 20.6 Å². The number of rotatable bonds is 7. The minimum absolute atomic E-state index is 0.0253. The number of benzene rings is 1. The molecule has 4 rings (SSSR count). The van der Waals surface area contributed by atoms with Crippen LogP contribution in [0.5, 0.6) is 0 Å². The summed E-state index contributed by atoms with van der Waals surface area (Å²) in [6.45, 7) is 3.49. The Morgan fingerprint density at radius 2 is 2.00 bits per heavy atom. The van der Waals surface area contributed by atoms with Gasteiger partial charge in [-0.15, -0.1) is 0 Å². The first-order valence-electron chi connectivity index (χ1n) is 11.0. The second kappa shape index (κ2) is 10.2. The van der Waals surface area contributed by atoms with Crippen molar-refractivity contribution in [2.45, 2.75) is 32.7 Å². The summed E-state index contributed by atoms with van der Waals surface area (Å²) in [4.78, 5) is 48.3. The first kappa shape index (κ1) is 23.7. The van der Waals surface area contributed by atoms with Crippen molar-refractivity contribution in [3.8, 4) is 0 Å². The van der Waals surface area contributed by atoms with E-state index >= 15 is 0 Å². The molecule has 0 unspecified atom stereocenters. The number of piperidine rings is 1. The van der Waals surface area contributed by atoms with Gasteiger partial charge in [0.1, 0.15) is 29.2 Å². The molecule has 1 atom stereocenters. The number of hydrogen-bond donors (Lipinski definition) is 2. The number of nitrogens with one attached hydrogen (secondary N) is 2. The van der Waals surface area contributed by atoms with E-state index < -0.39 is 23.1 Å². The highest BCUT2D eigenvalue weighted by Crippen LogP contribution is 2.29. The third-order valence-electron chi connectivity index (χ3n) is 5.44. The number of carbonyl (C=O) groups is 2. The molecule has 0 spiro atoms. The van der Waals surface area contributed by atoms with Gasteiger partial charge in [0.2, 0.25) is 11.8 Å². The lowest BCUT2D eigenvalue weighted by Crippen LogP contribution is -2.43. The molecule has 1 saturated heterocycles. The zero-order valence-electron chi connectivity index (χ0n) is 18.5. The molecule has 1 aliphatic heterocycles. The lowest BCUT2D eigenvalue weighted by atomic mass is 9.97. The van der Waals surface area contributed by atoms with Crippen LogP contribution < -0.4 is 21.1 Å². The van der Waals surface area contributed by atoms with Crippen molar-refractivity contribution in [3.63, 3.8) is 0 Å². The highest BCUT2D eigenvalue weighted by atomic mass is 32.1. The quantitative estimate of drug-likeness (QED) is 0.527. The molecule has 180 valence electrons. The Morgan fingerprint density at radius 1 is 1.24 bits per heavy atom. The molecule has 2 N–H and O–H groups in total. The van der Waals surface area contributed by atoms with Crippen molar-refractivity contribution in [1.82, 2.24) is 19.9 Å². The van der Waals surface area contributed by atoms with Gasteiger partial charge >= 0.3 is 0 Å². The number of fused-ring (bicyclic) bond motifs is 1. The van der Waals surface area contributed by atoms with Crippen LogP contribution in [-0.2, 0) is 16.1 Å². The van der Waals surface area contributed by atoms with Gasteiger partial charge in [0, 0.05) is 31.4 Å². The molecule has 1 aliphatic rings. The third kappa shape index (κ3) is 5.38. The molecule has 2 aromatic heterocycles. The van der Waals surface area contributed by atoms with Crippen molar-refractivity contribution in [2.24, 2.45) is 5.92 Å². The fourth-order valence-corrected chi connectivity index (χ4v) is 4.83. The largest absolute Gasteiger partial charge is 0.356 e. The van der Waals surface area contributed by atoms with E-state index in [1.807, 2.05) is 11.8 Å². The summed E-state index contributed by atoms with van der Waals surface area (Å²) in [7, 11) is 0. The lowest BCUT2D eigenvalue weighted by Gasteiger charge is -2.31. The van der Waals surface area contributed by atoms with Crippen LogP contribution >= 0.6 is 11.3 Å². The second-order valence-corrected chi connectivity index (χ2v) is 9.09. The normalized spacial score (nSPS) is 16.0. The van der Waals surface area contributed by atoms with E-state index in [1.165, 1.54) is 17.7 Å². The topological polar surface area (TPSA) is 109 Å². The SMILES string of the molecule is CCCNC(=O)[C@H]1CCCN(c2nc3ncn(CC(=O)Nc4cc(F)cc(F)c4)c(=O)c3s2)C1. The summed E-state index contributed by atoms with van der Waals surface area (Å²) in [6, 6.07) is 2.66. The molecule has 1 aromatic carbocycles. The number of anilines is 2. The standard InChI is InChI=1S/C22H24F2N6O3S/c1-2-5-25-20(32)13-4-3-6-29(10-13)22-28-19-18(34-22)21(33)30(12-26-19)11-17(31)27-16-8-14(23)7-15(24)9-16/h7-9,12-13H,2-6,10-11H2,1H3,(H,25,32)(H,27,31)/t13-/m0/s1. The van der Waals surface area contributed by atoms with Crippen LogP contribution in [0.25, 0.3) is 10.3 Å². The maximum absolute atomic E-state index is 13.3. The smallest absolute Gasteiger partial charge is 0.273 e. The summed E-state index contributed by atoms with van der Waals surface area (Å²) in [5.74, 6) is -2.40. The molecule has 0 radical (unpaired) electrons.